The number of hydrogen-bond donors (Lipinski definition) is 1. The van der Waals surface area contributed by atoms with E-state index in [2.05, 4.69) is 17.1 Å². The number of allylic oxidation sites excluding steroid dienone is 2. The van der Waals surface area contributed by atoms with Crippen LogP contribution in [0.5, 0.6) is 0 Å². The minimum Gasteiger partial charge on any atom is -0.459 e. The highest BCUT2D eigenvalue weighted by molar-refractivity contribution is 5.94. The molecule has 2 aliphatic carbocycles. The Labute approximate surface area is 169 Å². The zero-order chi connectivity index (χ0) is 20.2. The third-order valence-electron chi connectivity index (χ3n) is 6.85. The van der Waals surface area contributed by atoms with Crippen LogP contribution in [0.2, 0.25) is 0 Å². The highest BCUT2D eigenvalue weighted by atomic mass is 16.6. The summed E-state index contributed by atoms with van der Waals surface area (Å²) in [4.78, 5) is 13.1. The molecule has 7 heteroatoms. The van der Waals surface area contributed by atoms with Crippen LogP contribution in [-0.4, -0.2) is 41.9 Å². The Hall–Kier alpha value is -2.38. The molecule has 2 fully saturated rings. The van der Waals surface area contributed by atoms with Crippen LogP contribution >= 0.6 is 0 Å². The van der Waals surface area contributed by atoms with Gasteiger partial charge in [0.2, 0.25) is 0 Å². The lowest BCUT2D eigenvalue weighted by atomic mass is 9.77. The minimum absolute atomic E-state index is 0.0457. The van der Waals surface area contributed by atoms with Crippen molar-refractivity contribution in [3.8, 4) is 0 Å². The zero-order valence-electron chi connectivity index (χ0n) is 16.5. The maximum Gasteiger partial charge on any atom is 0.270 e. The molecule has 3 aliphatic rings. The number of ether oxygens (including phenoxy) is 1. The number of nitro benzene ring substituents is 1. The van der Waals surface area contributed by atoms with Crippen molar-refractivity contribution in [3.05, 3.63) is 46.2 Å². The smallest absolute Gasteiger partial charge is 0.270 e. The van der Waals surface area contributed by atoms with E-state index in [1.165, 1.54) is 6.07 Å². The molecule has 1 aromatic heterocycles. The number of rotatable bonds is 5. The Morgan fingerprint density at radius 2 is 2.07 bits per heavy atom. The molecule has 5 rings (SSSR count). The standard InChI is InChI=1S/C22H26N2O5/c1-22(25,18-11-14-2-3-15(18)10-14)13-20-21(23-6-8-28-9-7-23)17-12-16(24(26)27)4-5-19(17)29-20/h2-5,12,14-15,18,25H,6-11,13H2,1H3. The fourth-order valence-corrected chi connectivity index (χ4v) is 5.44. The van der Waals surface area contributed by atoms with E-state index >= 15 is 0 Å². The van der Waals surface area contributed by atoms with Gasteiger partial charge >= 0.3 is 0 Å². The summed E-state index contributed by atoms with van der Waals surface area (Å²) in [7, 11) is 0. The van der Waals surface area contributed by atoms with Gasteiger partial charge in [-0.3, -0.25) is 10.1 Å². The number of fused-ring (bicyclic) bond motifs is 3. The number of nitro groups is 1. The lowest BCUT2D eigenvalue weighted by Gasteiger charge is -2.35. The Bertz CT molecular complexity index is 973. The molecule has 0 amide bonds. The molecule has 1 aliphatic heterocycles. The van der Waals surface area contributed by atoms with E-state index in [-0.39, 0.29) is 16.5 Å². The normalized spacial score (nSPS) is 28.2. The van der Waals surface area contributed by atoms with Crippen molar-refractivity contribution in [2.45, 2.75) is 31.8 Å². The van der Waals surface area contributed by atoms with Gasteiger partial charge in [-0.2, -0.15) is 0 Å². The summed E-state index contributed by atoms with van der Waals surface area (Å²) in [5.74, 6) is 1.91. The van der Waals surface area contributed by atoms with Gasteiger partial charge in [-0.05, 0) is 43.6 Å². The van der Waals surface area contributed by atoms with Gasteiger partial charge in [0, 0.05) is 31.6 Å². The molecule has 0 radical (unpaired) electrons. The molecule has 154 valence electrons. The molecule has 2 bridgehead atoms. The molecule has 1 saturated carbocycles. The summed E-state index contributed by atoms with van der Waals surface area (Å²) in [6, 6.07) is 4.72. The molecule has 1 aromatic carbocycles. The fraction of sp³-hybridized carbons (Fsp3) is 0.545. The summed E-state index contributed by atoms with van der Waals surface area (Å²) < 4.78 is 11.7. The minimum atomic E-state index is -0.898. The monoisotopic (exact) mass is 398 g/mol. The molecular weight excluding hydrogens is 372 g/mol. The number of nitrogens with zero attached hydrogens (tertiary/aromatic N) is 2. The van der Waals surface area contributed by atoms with Crippen LogP contribution in [0.15, 0.2) is 34.8 Å². The van der Waals surface area contributed by atoms with Gasteiger partial charge in [0.25, 0.3) is 5.69 Å². The number of morpholine rings is 1. The summed E-state index contributed by atoms with van der Waals surface area (Å²) in [5.41, 5.74) is 0.636. The lowest BCUT2D eigenvalue weighted by molar-refractivity contribution is -0.384. The largest absolute Gasteiger partial charge is 0.459 e. The topological polar surface area (TPSA) is 89.0 Å². The maximum absolute atomic E-state index is 11.4. The van der Waals surface area contributed by atoms with E-state index < -0.39 is 5.60 Å². The van der Waals surface area contributed by atoms with Gasteiger partial charge in [0.1, 0.15) is 11.3 Å². The molecule has 2 aromatic rings. The van der Waals surface area contributed by atoms with Gasteiger partial charge in [-0.15, -0.1) is 0 Å². The second-order valence-corrected chi connectivity index (χ2v) is 8.83. The average molecular weight is 398 g/mol. The molecule has 0 spiro atoms. The number of furan rings is 1. The quantitative estimate of drug-likeness (QED) is 0.469. The van der Waals surface area contributed by atoms with Crippen LogP contribution < -0.4 is 4.90 Å². The summed E-state index contributed by atoms with van der Waals surface area (Å²) in [6.45, 7) is 4.51. The van der Waals surface area contributed by atoms with Crippen molar-refractivity contribution in [2.24, 2.45) is 17.8 Å². The second kappa shape index (κ2) is 6.85. The van der Waals surface area contributed by atoms with Gasteiger partial charge in [0.05, 0.1) is 34.8 Å². The first-order valence-electron chi connectivity index (χ1n) is 10.4. The highest BCUT2D eigenvalue weighted by Gasteiger charge is 2.46. The first-order chi connectivity index (χ1) is 13.9. The molecule has 4 atom stereocenters. The number of benzene rings is 1. The van der Waals surface area contributed by atoms with Crippen molar-refractivity contribution in [3.63, 3.8) is 0 Å². The fourth-order valence-electron chi connectivity index (χ4n) is 5.44. The Balaban J connectivity index is 1.55. The van der Waals surface area contributed by atoms with Crippen molar-refractivity contribution < 1.29 is 19.2 Å². The van der Waals surface area contributed by atoms with Crippen LogP contribution in [0.4, 0.5) is 11.4 Å². The first-order valence-corrected chi connectivity index (χ1v) is 10.4. The predicted molar refractivity (Wildman–Crippen MR) is 109 cm³/mol. The van der Waals surface area contributed by atoms with Gasteiger partial charge in [-0.1, -0.05) is 12.2 Å². The van der Waals surface area contributed by atoms with Crippen LogP contribution in [0, 0.1) is 27.9 Å². The van der Waals surface area contributed by atoms with Crippen molar-refractivity contribution in [1.82, 2.24) is 0 Å². The molecule has 2 heterocycles. The maximum atomic E-state index is 11.4. The van der Waals surface area contributed by atoms with Gasteiger partial charge in [0.15, 0.2) is 0 Å². The van der Waals surface area contributed by atoms with Crippen LogP contribution in [-0.2, 0) is 11.2 Å². The average Bonchev–Trinajstić information content (AvgIpc) is 3.41. The molecule has 1 N–H and O–H groups in total. The zero-order valence-corrected chi connectivity index (χ0v) is 16.5. The first kappa shape index (κ1) is 18.6. The number of aliphatic hydroxyl groups is 1. The predicted octanol–water partition coefficient (Wildman–Crippen LogP) is 3.68. The molecular formula is C22H26N2O5. The van der Waals surface area contributed by atoms with Crippen molar-refractivity contribution in [2.75, 3.05) is 31.2 Å². The molecule has 4 unspecified atom stereocenters. The Morgan fingerprint density at radius 3 is 2.72 bits per heavy atom. The third-order valence-corrected chi connectivity index (χ3v) is 6.85. The number of anilines is 1. The van der Waals surface area contributed by atoms with Crippen LogP contribution in [0.3, 0.4) is 0 Å². The molecule has 7 nitrogen and oxygen atoms in total. The van der Waals surface area contributed by atoms with E-state index in [9.17, 15) is 15.2 Å². The third kappa shape index (κ3) is 3.22. The number of non-ortho nitro benzene ring substituents is 1. The summed E-state index contributed by atoms with van der Waals surface area (Å²) >= 11 is 0. The summed E-state index contributed by atoms with van der Waals surface area (Å²) in [5, 5.41) is 23.5. The van der Waals surface area contributed by atoms with Crippen LogP contribution in [0.1, 0.15) is 25.5 Å². The van der Waals surface area contributed by atoms with Gasteiger partial charge < -0.3 is 19.2 Å². The summed E-state index contributed by atoms with van der Waals surface area (Å²) in [6.07, 6.45) is 7.05. The van der Waals surface area contributed by atoms with Crippen molar-refractivity contribution >= 4 is 22.3 Å². The van der Waals surface area contributed by atoms with E-state index in [0.29, 0.717) is 55.9 Å². The number of hydrogen-bond acceptors (Lipinski definition) is 6. The Kier molecular flexibility index (Phi) is 4.40. The lowest BCUT2D eigenvalue weighted by Crippen LogP contribution is -2.40. The Morgan fingerprint density at radius 1 is 1.28 bits per heavy atom. The molecule has 1 saturated heterocycles. The SMILES string of the molecule is CC(O)(Cc1oc2ccc([N+](=O)[O-])cc2c1N1CCOCC1)C1CC2C=CC1C2. The molecule has 29 heavy (non-hydrogen) atoms. The van der Waals surface area contributed by atoms with E-state index in [1.54, 1.807) is 12.1 Å². The van der Waals surface area contributed by atoms with Crippen molar-refractivity contribution in [1.29, 1.82) is 0 Å². The van der Waals surface area contributed by atoms with Crippen LogP contribution in [0.25, 0.3) is 11.0 Å². The van der Waals surface area contributed by atoms with E-state index in [1.807, 2.05) is 6.92 Å². The van der Waals surface area contributed by atoms with E-state index in [4.69, 9.17) is 9.15 Å². The highest BCUT2D eigenvalue weighted by Crippen LogP contribution is 2.50. The van der Waals surface area contributed by atoms with Gasteiger partial charge in [-0.25, -0.2) is 0 Å². The van der Waals surface area contributed by atoms with E-state index in [0.717, 1.165) is 23.9 Å². The second-order valence-electron chi connectivity index (χ2n) is 8.83.